The van der Waals surface area contributed by atoms with E-state index in [1.54, 1.807) is 4.90 Å². The van der Waals surface area contributed by atoms with E-state index >= 15 is 0 Å². The topological polar surface area (TPSA) is 74.8 Å². The van der Waals surface area contributed by atoms with Crippen LogP contribution in [-0.4, -0.2) is 32.5 Å². The van der Waals surface area contributed by atoms with Gasteiger partial charge in [0.2, 0.25) is 5.91 Å². The molecule has 158 valence electrons. The molecule has 3 aromatic rings. The van der Waals surface area contributed by atoms with Crippen molar-refractivity contribution in [2.75, 3.05) is 11.4 Å². The van der Waals surface area contributed by atoms with Crippen LogP contribution in [0.15, 0.2) is 65.8 Å². The number of hydrogen-bond acceptors (Lipinski definition) is 5. The number of hydrogen-bond donors (Lipinski definition) is 0. The Hall–Kier alpha value is -3.11. The number of nitrogens with zero attached hydrogens (tertiary/aromatic N) is 5. The number of carbonyl (C=O) groups excluding carboxylic acids is 1. The summed E-state index contributed by atoms with van der Waals surface area (Å²) in [5.41, 5.74) is 1.99. The van der Waals surface area contributed by atoms with Crippen molar-refractivity contribution >= 4 is 23.4 Å². The molecule has 7 heteroatoms. The van der Waals surface area contributed by atoms with Gasteiger partial charge in [0.1, 0.15) is 5.82 Å². The smallest absolute Gasteiger partial charge is 0.240 e. The highest BCUT2D eigenvalue weighted by Gasteiger charge is 2.32. The van der Waals surface area contributed by atoms with Gasteiger partial charge < -0.3 is 9.47 Å². The van der Waals surface area contributed by atoms with Crippen LogP contribution in [0.5, 0.6) is 0 Å². The van der Waals surface area contributed by atoms with Gasteiger partial charge in [0, 0.05) is 18.2 Å². The lowest BCUT2D eigenvalue weighted by Gasteiger charge is -2.25. The van der Waals surface area contributed by atoms with Crippen LogP contribution >= 0.6 is 11.8 Å². The van der Waals surface area contributed by atoms with Crippen LogP contribution in [0.1, 0.15) is 43.5 Å². The lowest BCUT2D eigenvalue weighted by atomic mass is 10.2. The highest BCUT2D eigenvalue weighted by atomic mass is 32.2. The Morgan fingerprint density at radius 3 is 2.48 bits per heavy atom. The maximum atomic E-state index is 13.3. The summed E-state index contributed by atoms with van der Waals surface area (Å²) in [6, 6.07) is 21.9. The lowest BCUT2D eigenvalue weighted by molar-refractivity contribution is -0.117. The molecule has 1 aliphatic carbocycles. The van der Waals surface area contributed by atoms with E-state index in [1.807, 2.05) is 55.5 Å². The average molecular weight is 432 g/mol. The molecule has 1 aliphatic rings. The molecule has 0 radical (unpaired) electrons. The number of thioether (sulfide) groups is 1. The van der Waals surface area contributed by atoms with E-state index in [0.717, 1.165) is 29.5 Å². The van der Waals surface area contributed by atoms with Gasteiger partial charge >= 0.3 is 0 Å². The first kappa shape index (κ1) is 21.1. The number of para-hydroxylation sites is 1. The molecule has 1 aromatic heterocycles. The Labute approximate surface area is 186 Å². The Balaban J connectivity index is 1.55. The molecule has 31 heavy (non-hydrogen) atoms. The molecule has 1 saturated carbocycles. The summed E-state index contributed by atoms with van der Waals surface area (Å²) in [6.07, 6.45) is 2.57. The number of rotatable bonds is 9. The van der Waals surface area contributed by atoms with E-state index in [-0.39, 0.29) is 17.6 Å². The zero-order valence-corrected chi connectivity index (χ0v) is 18.3. The Morgan fingerprint density at radius 1 is 1.16 bits per heavy atom. The SMILES string of the molecule is CC(Sc1nnc(C2CC2)n1Cc1ccccc1)C(=O)N(CCC#N)c1ccccc1. The second kappa shape index (κ2) is 9.80. The van der Waals surface area contributed by atoms with Crippen molar-refractivity contribution in [2.45, 2.75) is 49.1 Å². The predicted molar refractivity (Wildman–Crippen MR) is 122 cm³/mol. The maximum absolute atomic E-state index is 13.3. The fourth-order valence-electron chi connectivity index (χ4n) is 3.51. The molecule has 6 nitrogen and oxygen atoms in total. The monoisotopic (exact) mass is 431 g/mol. The molecule has 0 N–H and O–H groups in total. The molecule has 0 spiro atoms. The third-order valence-electron chi connectivity index (χ3n) is 5.28. The number of carbonyl (C=O) groups is 1. The highest BCUT2D eigenvalue weighted by molar-refractivity contribution is 8.00. The van der Waals surface area contributed by atoms with Crippen LogP contribution in [0.4, 0.5) is 5.69 Å². The number of benzene rings is 2. The number of aromatic nitrogens is 3. The molecule has 1 unspecified atom stereocenters. The largest absolute Gasteiger partial charge is 0.310 e. The summed E-state index contributed by atoms with van der Waals surface area (Å²) in [6.45, 7) is 2.96. The Kier molecular flexibility index (Phi) is 6.68. The van der Waals surface area contributed by atoms with Crippen molar-refractivity contribution < 1.29 is 4.79 Å². The van der Waals surface area contributed by atoms with Crippen molar-refractivity contribution in [1.29, 1.82) is 5.26 Å². The minimum Gasteiger partial charge on any atom is -0.310 e. The lowest BCUT2D eigenvalue weighted by Crippen LogP contribution is -2.37. The van der Waals surface area contributed by atoms with Gasteiger partial charge in [-0.1, -0.05) is 60.3 Å². The minimum absolute atomic E-state index is 0.0336. The first-order valence-electron chi connectivity index (χ1n) is 10.5. The van der Waals surface area contributed by atoms with Crippen LogP contribution in [-0.2, 0) is 11.3 Å². The first-order chi connectivity index (χ1) is 15.2. The van der Waals surface area contributed by atoms with E-state index in [1.165, 1.54) is 17.3 Å². The Bertz CT molecular complexity index is 1060. The first-order valence-corrected chi connectivity index (χ1v) is 11.4. The zero-order valence-electron chi connectivity index (χ0n) is 17.5. The molecule has 0 bridgehead atoms. The molecule has 1 fully saturated rings. The summed E-state index contributed by atoms with van der Waals surface area (Å²) < 4.78 is 2.16. The predicted octanol–water partition coefficient (Wildman–Crippen LogP) is 4.63. The molecule has 4 rings (SSSR count). The second-order valence-electron chi connectivity index (χ2n) is 7.68. The van der Waals surface area contributed by atoms with E-state index in [2.05, 4.69) is 33.0 Å². The summed E-state index contributed by atoms with van der Waals surface area (Å²) in [5.74, 6) is 1.44. The maximum Gasteiger partial charge on any atom is 0.240 e. The van der Waals surface area contributed by atoms with E-state index in [4.69, 9.17) is 5.26 Å². The van der Waals surface area contributed by atoms with Crippen LogP contribution in [0.2, 0.25) is 0 Å². The van der Waals surface area contributed by atoms with Gasteiger partial charge in [0.05, 0.1) is 24.3 Å². The summed E-state index contributed by atoms with van der Waals surface area (Å²) >= 11 is 1.44. The standard InChI is InChI=1S/C24H25N5OS/c1-18(23(30)28(16-8-15-25)21-11-6-3-7-12-21)31-24-27-26-22(20-13-14-20)29(24)17-19-9-4-2-5-10-19/h2-7,9-12,18,20H,8,13-14,16-17H2,1H3. The van der Waals surface area contributed by atoms with E-state index < -0.39 is 0 Å². The number of nitriles is 1. The fraction of sp³-hybridized carbons (Fsp3) is 0.333. The van der Waals surface area contributed by atoms with Crippen LogP contribution in [0.25, 0.3) is 0 Å². The Morgan fingerprint density at radius 2 is 1.84 bits per heavy atom. The third-order valence-corrected chi connectivity index (χ3v) is 6.35. The molecular formula is C24H25N5OS. The van der Waals surface area contributed by atoms with E-state index in [9.17, 15) is 4.79 Å². The van der Waals surface area contributed by atoms with Crippen molar-refractivity contribution in [3.05, 3.63) is 72.1 Å². The van der Waals surface area contributed by atoms with E-state index in [0.29, 0.717) is 19.0 Å². The summed E-state index contributed by atoms with van der Waals surface area (Å²) in [5, 5.41) is 18.4. The summed E-state index contributed by atoms with van der Waals surface area (Å²) in [4.78, 5) is 15.0. The van der Waals surface area contributed by atoms with Gasteiger partial charge in [-0.05, 0) is 37.5 Å². The molecule has 1 amide bonds. The van der Waals surface area contributed by atoms with Crippen molar-refractivity contribution in [1.82, 2.24) is 14.8 Å². The highest BCUT2D eigenvalue weighted by Crippen LogP contribution is 2.40. The molecule has 2 aromatic carbocycles. The molecule has 0 aliphatic heterocycles. The van der Waals surface area contributed by atoms with Crippen LogP contribution in [0.3, 0.4) is 0 Å². The molecule has 1 heterocycles. The van der Waals surface area contributed by atoms with Crippen LogP contribution < -0.4 is 4.90 Å². The third kappa shape index (κ3) is 5.15. The zero-order chi connectivity index (χ0) is 21.6. The van der Waals surface area contributed by atoms with Gasteiger partial charge in [-0.15, -0.1) is 10.2 Å². The fourth-order valence-corrected chi connectivity index (χ4v) is 4.43. The molecular weight excluding hydrogens is 406 g/mol. The van der Waals surface area contributed by atoms with Crippen molar-refractivity contribution in [3.8, 4) is 6.07 Å². The van der Waals surface area contributed by atoms with Gasteiger partial charge in [-0.25, -0.2) is 0 Å². The second-order valence-corrected chi connectivity index (χ2v) is 8.99. The molecule has 1 atom stereocenters. The normalized spacial score (nSPS) is 14.1. The van der Waals surface area contributed by atoms with Gasteiger partial charge in [-0.3, -0.25) is 4.79 Å². The number of amides is 1. The van der Waals surface area contributed by atoms with Gasteiger partial charge in [0.15, 0.2) is 5.16 Å². The van der Waals surface area contributed by atoms with Crippen LogP contribution in [0, 0.1) is 11.3 Å². The molecule has 0 saturated heterocycles. The van der Waals surface area contributed by atoms with Crippen molar-refractivity contribution in [2.24, 2.45) is 0 Å². The average Bonchev–Trinajstić information content (AvgIpc) is 3.58. The van der Waals surface area contributed by atoms with Gasteiger partial charge in [0.25, 0.3) is 0 Å². The summed E-state index contributed by atoms with van der Waals surface area (Å²) in [7, 11) is 0. The quantitative estimate of drug-likeness (QED) is 0.462. The number of anilines is 1. The van der Waals surface area contributed by atoms with Gasteiger partial charge in [-0.2, -0.15) is 5.26 Å². The van der Waals surface area contributed by atoms with Crippen molar-refractivity contribution in [3.63, 3.8) is 0 Å². The minimum atomic E-state index is -0.357.